The van der Waals surface area contributed by atoms with Crippen molar-refractivity contribution in [2.24, 2.45) is 11.7 Å². The Hall–Kier alpha value is -2.32. The number of nitrogens with two attached hydrogens (primary N) is 1. The Balaban J connectivity index is 4.15. The highest BCUT2D eigenvalue weighted by atomic mass is 16.4. The van der Waals surface area contributed by atoms with Crippen LogP contribution in [0.15, 0.2) is 0 Å². The molecule has 0 spiro atoms. The zero-order valence-corrected chi connectivity index (χ0v) is 12.2. The van der Waals surface area contributed by atoms with Gasteiger partial charge >= 0.3 is 12.0 Å². The molecule has 0 aliphatic rings. The molecule has 0 aliphatic heterocycles. The first-order valence-corrected chi connectivity index (χ1v) is 6.52. The minimum absolute atomic E-state index is 0.0393. The first kappa shape index (κ1) is 18.7. The SMILES string of the molecule is CC(C)CNC(=O)CCNC(=O)N(CC(N)=O)CC(=O)O. The fourth-order valence-electron chi connectivity index (χ4n) is 1.35. The van der Waals surface area contributed by atoms with Gasteiger partial charge in [-0.25, -0.2) is 4.79 Å². The van der Waals surface area contributed by atoms with Gasteiger partial charge in [0.15, 0.2) is 0 Å². The van der Waals surface area contributed by atoms with Gasteiger partial charge in [0.2, 0.25) is 11.8 Å². The highest BCUT2D eigenvalue weighted by molar-refractivity contribution is 5.86. The van der Waals surface area contributed by atoms with Crippen LogP contribution in [0.5, 0.6) is 0 Å². The summed E-state index contributed by atoms with van der Waals surface area (Å²) < 4.78 is 0. The second kappa shape index (κ2) is 9.56. The molecule has 0 bridgehead atoms. The molecule has 9 heteroatoms. The zero-order valence-electron chi connectivity index (χ0n) is 12.2. The molecule has 0 fully saturated rings. The summed E-state index contributed by atoms with van der Waals surface area (Å²) in [5.41, 5.74) is 4.93. The Labute approximate surface area is 122 Å². The van der Waals surface area contributed by atoms with Gasteiger partial charge in [-0.2, -0.15) is 0 Å². The first-order chi connectivity index (χ1) is 9.72. The van der Waals surface area contributed by atoms with E-state index < -0.39 is 31.0 Å². The molecule has 0 aliphatic carbocycles. The summed E-state index contributed by atoms with van der Waals surface area (Å²) >= 11 is 0. The number of nitrogens with zero attached hydrogens (tertiary/aromatic N) is 1. The lowest BCUT2D eigenvalue weighted by Gasteiger charge is -2.19. The number of urea groups is 1. The zero-order chi connectivity index (χ0) is 16.4. The van der Waals surface area contributed by atoms with E-state index in [-0.39, 0.29) is 18.9 Å². The van der Waals surface area contributed by atoms with Gasteiger partial charge < -0.3 is 26.4 Å². The Morgan fingerprint density at radius 2 is 1.76 bits per heavy atom. The number of primary amides is 1. The van der Waals surface area contributed by atoms with Crippen LogP contribution in [0.1, 0.15) is 20.3 Å². The van der Waals surface area contributed by atoms with E-state index in [0.29, 0.717) is 12.5 Å². The number of aliphatic carboxylic acids is 1. The second-order valence-electron chi connectivity index (χ2n) is 4.90. The number of hydrogen-bond acceptors (Lipinski definition) is 4. The molecule has 0 aromatic heterocycles. The molecule has 0 heterocycles. The molecule has 4 amide bonds. The first-order valence-electron chi connectivity index (χ1n) is 6.52. The van der Waals surface area contributed by atoms with Crippen molar-refractivity contribution in [1.82, 2.24) is 15.5 Å². The Kier molecular flexibility index (Phi) is 8.51. The van der Waals surface area contributed by atoms with E-state index in [1.54, 1.807) is 0 Å². The normalized spacial score (nSPS) is 10.0. The van der Waals surface area contributed by atoms with E-state index in [4.69, 9.17) is 10.8 Å². The second-order valence-corrected chi connectivity index (χ2v) is 4.90. The van der Waals surface area contributed by atoms with Crippen LogP contribution in [-0.4, -0.2) is 60.0 Å². The van der Waals surface area contributed by atoms with Gasteiger partial charge in [-0.1, -0.05) is 13.8 Å². The summed E-state index contributed by atoms with van der Waals surface area (Å²) in [6.45, 7) is 3.34. The average molecular weight is 302 g/mol. The molecule has 120 valence electrons. The predicted octanol–water partition coefficient (Wildman–Crippen LogP) is -1.27. The molecular weight excluding hydrogens is 280 g/mol. The van der Waals surface area contributed by atoms with Crippen LogP contribution in [0.25, 0.3) is 0 Å². The highest BCUT2D eigenvalue weighted by Crippen LogP contribution is 1.91. The lowest BCUT2D eigenvalue weighted by atomic mass is 10.2. The van der Waals surface area contributed by atoms with Crippen molar-refractivity contribution >= 4 is 23.8 Å². The fraction of sp³-hybridized carbons (Fsp3) is 0.667. The fourth-order valence-corrected chi connectivity index (χ4v) is 1.35. The number of hydrogen-bond donors (Lipinski definition) is 4. The topological polar surface area (TPSA) is 142 Å². The van der Waals surface area contributed by atoms with E-state index in [1.165, 1.54) is 0 Å². The monoisotopic (exact) mass is 302 g/mol. The van der Waals surface area contributed by atoms with Gasteiger partial charge in [0.05, 0.1) is 0 Å². The Morgan fingerprint density at radius 1 is 1.14 bits per heavy atom. The molecule has 0 radical (unpaired) electrons. The Bertz CT molecular complexity index is 381. The summed E-state index contributed by atoms with van der Waals surface area (Å²) in [5, 5.41) is 13.7. The number of carboxylic acid groups (broad SMARTS) is 1. The van der Waals surface area contributed by atoms with Crippen molar-refractivity contribution in [3.8, 4) is 0 Å². The summed E-state index contributed by atoms with van der Waals surface area (Å²) in [6.07, 6.45) is 0.0654. The molecule has 21 heavy (non-hydrogen) atoms. The number of carbonyl (C=O) groups is 4. The molecule has 0 saturated heterocycles. The molecular formula is C12H22N4O5. The van der Waals surface area contributed by atoms with Crippen LogP contribution in [0.4, 0.5) is 4.79 Å². The molecule has 9 nitrogen and oxygen atoms in total. The van der Waals surface area contributed by atoms with E-state index in [0.717, 1.165) is 4.90 Å². The van der Waals surface area contributed by atoms with Crippen LogP contribution in [0.2, 0.25) is 0 Å². The molecule has 0 atom stereocenters. The summed E-state index contributed by atoms with van der Waals surface area (Å²) in [5.74, 6) is -1.98. The standard InChI is InChI=1S/C12H22N4O5/c1-8(2)5-15-10(18)3-4-14-12(21)16(6-9(13)17)7-11(19)20/h8H,3-7H2,1-2H3,(H2,13,17)(H,14,21)(H,15,18)(H,19,20). The van der Waals surface area contributed by atoms with Gasteiger partial charge in [0, 0.05) is 19.5 Å². The van der Waals surface area contributed by atoms with E-state index in [2.05, 4.69) is 10.6 Å². The van der Waals surface area contributed by atoms with E-state index in [1.807, 2.05) is 13.8 Å². The average Bonchev–Trinajstić information content (AvgIpc) is 2.34. The lowest BCUT2D eigenvalue weighted by molar-refractivity contribution is -0.137. The van der Waals surface area contributed by atoms with Crippen LogP contribution in [0.3, 0.4) is 0 Å². The maximum Gasteiger partial charge on any atom is 0.323 e. The summed E-state index contributed by atoms with van der Waals surface area (Å²) in [4.78, 5) is 45.2. The third-order valence-corrected chi connectivity index (χ3v) is 2.30. The smallest absolute Gasteiger partial charge is 0.323 e. The lowest BCUT2D eigenvalue weighted by Crippen LogP contribution is -2.47. The van der Waals surface area contributed by atoms with E-state index in [9.17, 15) is 19.2 Å². The molecule has 0 aromatic rings. The van der Waals surface area contributed by atoms with Crippen molar-refractivity contribution < 1.29 is 24.3 Å². The molecule has 0 rings (SSSR count). The van der Waals surface area contributed by atoms with Gasteiger partial charge in [-0.15, -0.1) is 0 Å². The maximum atomic E-state index is 11.7. The number of carboxylic acids is 1. The van der Waals surface area contributed by atoms with Crippen LogP contribution >= 0.6 is 0 Å². The third kappa shape index (κ3) is 10.2. The molecule has 0 unspecified atom stereocenters. The van der Waals surface area contributed by atoms with E-state index >= 15 is 0 Å². The minimum Gasteiger partial charge on any atom is -0.480 e. The third-order valence-electron chi connectivity index (χ3n) is 2.30. The largest absolute Gasteiger partial charge is 0.480 e. The van der Waals surface area contributed by atoms with Gasteiger partial charge in [-0.05, 0) is 5.92 Å². The summed E-state index contributed by atoms with van der Waals surface area (Å²) in [6, 6.07) is -0.757. The van der Waals surface area contributed by atoms with Crippen molar-refractivity contribution in [2.75, 3.05) is 26.2 Å². The Morgan fingerprint density at radius 3 is 2.24 bits per heavy atom. The molecule has 0 saturated carbocycles. The van der Waals surface area contributed by atoms with Crippen LogP contribution in [-0.2, 0) is 14.4 Å². The van der Waals surface area contributed by atoms with Gasteiger partial charge in [0.25, 0.3) is 0 Å². The number of amides is 4. The van der Waals surface area contributed by atoms with Crippen molar-refractivity contribution in [1.29, 1.82) is 0 Å². The van der Waals surface area contributed by atoms with Crippen LogP contribution in [0, 0.1) is 5.92 Å². The van der Waals surface area contributed by atoms with Crippen molar-refractivity contribution in [2.45, 2.75) is 20.3 Å². The minimum atomic E-state index is -1.26. The molecule has 5 N–H and O–H groups in total. The highest BCUT2D eigenvalue weighted by Gasteiger charge is 2.18. The quantitative estimate of drug-likeness (QED) is 0.420. The predicted molar refractivity (Wildman–Crippen MR) is 74.3 cm³/mol. The molecule has 0 aromatic carbocycles. The summed E-state index contributed by atoms with van der Waals surface area (Å²) in [7, 11) is 0. The number of rotatable bonds is 9. The number of nitrogens with one attached hydrogen (secondary N) is 2. The van der Waals surface area contributed by atoms with Gasteiger partial charge in [-0.3, -0.25) is 14.4 Å². The van der Waals surface area contributed by atoms with Gasteiger partial charge in [0.1, 0.15) is 13.1 Å². The maximum absolute atomic E-state index is 11.7. The number of carbonyl (C=O) groups excluding carboxylic acids is 3. The van der Waals surface area contributed by atoms with Crippen molar-refractivity contribution in [3.05, 3.63) is 0 Å². The van der Waals surface area contributed by atoms with Crippen molar-refractivity contribution in [3.63, 3.8) is 0 Å². The van der Waals surface area contributed by atoms with Crippen LogP contribution < -0.4 is 16.4 Å².